The first kappa shape index (κ1) is 20.8. The van der Waals surface area contributed by atoms with Crippen LogP contribution < -0.4 is 15.4 Å². The third kappa shape index (κ3) is 4.41. The van der Waals surface area contributed by atoms with Gasteiger partial charge < -0.3 is 15.4 Å². The van der Waals surface area contributed by atoms with Crippen molar-refractivity contribution < 1.29 is 9.53 Å². The van der Waals surface area contributed by atoms with Gasteiger partial charge >= 0.3 is 0 Å². The Kier molecular flexibility index (Phi) is 5.91. The van der Waals surface area contributed by atoms with Crippen molar-refractivity contribution in [2.75, 3.05) is 25.5 Å². The minimum atomic E-state index is -0.356. The number of carbonyl (C=O) groups is 1. The first-order valence-corrected chi connectivity index (χ1v) is 9.94. The van der Waals surface area contributed by atoms with Gasteiger partial charge in [0.2, 0.25) is 11.6 Å². The van der Waals surface area contributed by atoms with E-state index in [1.807, 2.05) is 51.2 Å². The first-order valence-electron chi connectivity index (χ1n) is 9.94. The number of amides is 1. The van der Waals surface area contributed by atoms with Gasteiger partial charge in [-0.05, 0) is 38.3 Å². The lowest BCUT2D eigenvalue weighted by atomic mass is 9.96. The molecule has 0 fully saturated rings. The summed E-state index contributed by atoms with van der Waals surface area (Å²) in [5.41, 5.74) is 3.14. The van der Waals surface area contributed by atoms with Gasteiger partial charge in [0.05, 0.1) is 18.1 Å². The van der Waals surface area contributed by atoms with E-state index in [2.05, 4.69) is 20.8 Å². The lowest BCUT2D eigenvalue weighted by Gasteiger charge is -2.17. The molecule has 0 aliphatic rings. The molecule has 2 aromatic heterocycles. The number of nitrogens with zero attached hydrogens (tertiary/aromatic N) is 4. The van der Waals surface area contributed by atoms with Gasteiger partial charge in [0.1, 0.15) is 11.6 Å². The van der Waals surface area contributed by atoms with Crippen LogP contribution in [0.5, 0.6) is 5.75 Å². The average molecular weight is 399 g/mol. The van der Waals surface area contributed by atoms with E-state index in [0.29, 0.717) is 18.0 Å². The third-order valence-electron chi connectivity index (χ3n) is 4.86. The van der Waals surface area contributed by atoms with Crippen LogP contribution in [0.3, 0.4) is 0 Å². The minimum Gasteiger partial charge on any atom is -0.496 e. The molecule has 0 aliphatic carbocycles. The van der Waals surface area contributed by atoms with Crippen LogP contribution in [0.1, 0.15) is 45.0 Å². The van der Waals surface area contributed by atoms with Crippen molar-refractivity contribution in [3.63, 3.8) is 0 Å². The summed E-state index contributed by atoms with van der Waals surface area (Å²) in [6.45, 7) is 11.1. The predicted octanol–water partition coefficient (Wildman–Crippen LogP) is 3.26. The Bertz CT molecular complexity index is 1040. The number of carbonyl (C=O) groups excluding carboxylic acids is 1. The van der Waals surface area contributed by atoms with E-state index >= 15 is 0 Å². The molecule has 29 heavy (non-hydrogen) atoms. The highest BCUT2D eigenvalue weighted by Crippen LogP contribution is 2.28. The van der Waals surface area contributed by atoms with E-state index in [9.17, 15) is 4.79 Å². The number of fused-ring (bicyclic) bond motifs is 3. The molecule has 0 aliphatic heterocycles. The molecule has 3 rings (SSSR count). The van der Waals surface area contributed by atoms with Crippen molar-refractivity contribution in [2.24, 2.45) is 5.41 Å². The van der Waals surface area contributed by atoms with Crippen LogP contribution in [0.25, 0.3) is 16.7 Å². The molecule has 3 aromatic rings. The third-order valence-corrected chi connectivity index (χ3v) is 4.86. The van der Waals surface area contributed by atoms with E-state index in [-0.39, 0.29) is 11.3 Å². The maximum Gasteiger partial charge on any atom is 0.225 e. The fraction of sp³-hybridized carbons (Fsp3) is 0.524. The summed E-state index contributed by atoms with van der Waals surface area (Å²) in [4.78, 5) is 16.7. The molecular formula is C21H30N6O2. The number of benzene rings is 1. The number of anilines is 1. The number of hydrogen-bond acceptors (Lipinski definition) is 6. The van der Waals surface area contributed by atoms with Crippen LogP contribution >= 0.6 is 0 Å². The molecule has 8 heteroatoms. The van der Waals surface area contributed by atoms with Crippen LogP contribution in [0.2, 0.25) is 0 Å². The van der Waals surface area contributed by atoms with Crippen molar-refractivity contribution in [1.82, 2.24) is 24.9 Å². The summed E-state index contributed by atoms with van der Waals surface area (Å²) >= 11 is 0. The molecule has 1 aromatic carbocycles. The van der Waals surface area contributed by atoms with Gasteiger partial charge in [0.15, 0.2) is 5.82 Å². The highest BCUT2D eigenvalue weighted by Gasteiger charge is 2.20. The highest BCUT2D eigenvalue weighted by molar-refractivity contribution is 5.85. The predicted molar refractivity (Wildman–Crippen MR) is 115 cm³/mol. The van der Waals surface area contributed by atoms with Gasteiger partial charge in [-0.15, -0.1) is 10.2 Å². The SMILES string of the molecule is COc1cc2c(cc1C)nc(NCCCCNC(=O)C(C)(C)C)c1nnc(C)n12. The number of unbranched alkanes of at least 4 members (excludes halogenated alkanes) is 1. The van der Waals surface area contributed by atoms with Crippen LogP contribution in [-0.2, 0) is 4.79 Å². The Labute approximate surface area is 171 Å². The smallest absolute Gasteiger partial charge is 0.225 e. The number of hydrogen-bond donors (Lipinski definition) is 2. The molecule has 8 nitrogen and oxygen atoms in total. The summed E-state index contributed by atoms with van der Waals surface area (Å²) in [6, 6.07) is 3.99. The Morgan fingerprint density at radius 3 is 2.55 bits per heavy atom. The molecule has 0 bridgehead atoms. The number of aromatic nitrogens is 4. The van der Waals surface area contributed by atoms with Gasteiger partial charge in [-0.2, -0.15) is 0 Å². The lowest BCUT2D eigenvalue weighted by molar-refractivity contribution is -0.128. The molecule has 0 saturated carbocycles. The van der Waals surface area contributed by atoms with Crippen molar-refractivity contribution in [3.05, 3.63) is 23.5 Å². The van der Waals surface area contributed by atoms with E-state index in [1.165, 1.54) is 0 Å². The summed E-state index contributed by atoms with van der Waals surface area (Å²) in [7, 11) is 1.66. The molecule has 0 atom stereocenters. The van der Waals surface area contributed by atoms with E-state index in [0.717, 1.165) is 47.6 Å². The zero-order valence-corrected chi connectivity index (χ0v) is 18.1. The second-order valence-corrected chi connectivity index (χ2v) is 8.32. The van der Waals surface area contributed by atoms with Gasteiger partial charge in [-0.1, -0.05) is 20.8 Å². The van der Waals surface area contributed by atoms with Crippen LogP contribution in [0, 0.1) is 19.3 Å². The fourth-order valence-corrected chi connectivity index (χ4v) is 3.17. The Morgan fingerprint density at radius 1 is 1.14 bits per heavy atom. The normalized spacial score (nSPS) is 11.8. The fourth-order valence-electron chi connectivity index (χ4n) is 3.17. The maximum atomic E-state index is 11.9. The molecule has 0 radical (unpaired) electrons. The van der Waals surface area contributed by atoms with E-state index in [4.69, 9.17) is 9.72 Å². The molecule has 0 spiro atoms. The largest absolute Gasteiger partial charge is 0.496 e. The lowest BCUT2D eigenvalue weighted by Crippen LogP contribution is -2.35. The number of methoxy groups -OCH3 is 1. The summed E-state index contributed by atoms with van der Waals surface area (Å²) < 4.78 is 7.46. The standard InChI is InChI=1S/C21H30N6O2/c1-13-11-15-16(12-17(13)29-6)27-14(2)25-26-19(27)18(24-15)22-9-7-8-10-23-20(28)21(3,4)5/h11-12H,7-10H2,1-6H3,(H,22,24)(H,23,28). The van der Waals surface area contributed by atoms with Crippen LogP contribution in [-0.4, -0.2) is 45.7 Å². The zero-order chi connectivity index (χ0) is 21.2. The Balaban J connectivity index is 1.72. The number of aryl methyl sites for hydroxylation is 2. The Hall–Kier alpha value is -2.90. The summed E-state index contributed by atoms with van der Waals surface area (Å²) in [5.74, 6) is 2.40. The molecule has 1 amide bonds. The highest BCUT2D eigenvalue weighted by atomic mass is 16.5. The molecular weight excluding hydrogens is 368 g/mol. The quantitative estimate of drug-likeness (QED) is 0.594. The van der Waals surface area contributed by atoms with Crippen molar-refractivity contribution in [1.29, 1.82) is 0 Å². The Morgan fingerprint density at radius 2 is 1.86 bits per heavy atom. The van der Waals surface area contributed by atoms with Crippen molar-refractivity contribution in [3.8, 4) is 5.75 Å². The average Bonchev–Trinajstić information content (AvgIpc) is 3.05. The monoisotopic (exact) mass is 398 g/mol. The van der Waals surface area contributed by atoms with E-state index in [1.54, 1.807) is 7.11 Å². The number of ether oxygens (including phenoxy) is 1. The topological polar surface area (TPSA) is 93.4 Å². The van der Waals surface area contributed by atoms with E-state index < -0.39 is 0 Å². The number of rotatable bonds is 7. The second kappa shape index (κ2) is 8.23. The first-order chi connectivity index (χ1) is 13.7. The molecule has 156 valence electrons. The maximum absolute atomic E-state index is 11.9. The van der Waals surface area contributed by atoms with Gasteiger partial charge in [0.25, 0.3) is 0 Å². The molecule has 2 heterocycles. The summed E-state index contributed by atoms with van der Waals surface area (Å²) in [6.07, 6.45) is 1.80. The zero-order valence-electron chi connectivity index (χ0n) is 18.1. The van der Waals surface area contributed by atoms with Gasteiger partial charge in [0, 0.05) is 24.6 Å². The van der Waals surface area contributed by atoms with Crippen LogP contribution in [0.4, 0.5) is 5.82 Å². The molecule has 0 saturated heterocycles. The second-order valence-electron chi connectivity index (χ2n) is 8.32. The molecule has 0 unspecified atom stereocenters. The van der Waals surface area contributed by atoms with Gasteiger partial charge in [-0.25, -0.2) is 4.98 Å². The van der Waals surface area contributed by atoms with Crippen LogP contribution in [0.15, 0.2) is 12.1 Å². The number of nitrogens with one attached hydrogen (secondary N) is 2. The van der Waals surface area contributed by atoms with Crippen molar-refractivity contribution in [2.45, 2.75) is 47.5 Å². The van der Waals surface area contributed by atoms with Gasteiger partial charge in [-0.3, -0.25) is 9.20 Å². The van der Waals surface area contributed by atoms with Crippen molar-refractivity contribution >= 4 is 28.4 Å². The molecule has 2 N–H and O–H groups in total. The minimum absolute atomic E-state index is 0.0769. The summed E-state index contributed by atoms with van der Waals surface area (Å²) in [5, 5.41) is 14.9.